The monoisotopic (exact) mass is 175 g/mol. The van der Waals surface area contributed by atoms with E-state index in [1.165, 1.54) is 0 Å². The molecule has 1 heterocycles. The van der Waals surface area contributed by atoms with Crippen LogP contribution >= 0.6 is 12.6 Å². The Morgan fingerprint density at radius 3 is 3.09 bits per heavy atom. The SMILES string of the molecule is CCC(S)N1CCOCC1=O. The highest BCUT2D eigenvalue weighted by atomic mass is 32.1. The highest BCUT2D eigenvalue weighted by Crippen LogP contribution is 2.11. The smallest absolute Gasteiger partial charge is 0.249 e. The molecule has 0 bridgehead atoms. The average molecular weight is 175 g/mol. The van der Waals surface area contributed by atoms with Gasteiger partial charge >= 0.3 is 0 Å². The summed E-state index contributed by atoms with van der Waals surface area (Å²) in [5.41, 5.74) is 0. The molecule has 3 nitrogen and oxygen atoms in total. The number of nitrogens with zero attached hydrogens (tertiary/aromatic N) is 1. The highest BCUT2D eigenvalue weighted by molar-refractivity contribution is 7.80. The van der Waals surface area contributed by atoms with Gasteiger partial charge in [-0.05, 0) is 6.42 Å². The average Bonchev–Trinajstić information content (AvgIpc) is 2.04. The van der Waals surface area contributed by atoms with Crippen molar-refractivity contribution < 1.29 is 9.53 Å². The van der Waals surface area contributed by atoms with Gasteiger partial charge in [-0.1, -0.05) is 6.92 Å². The van der Waals surface area contributed by atoms with E-state index in [0.717, 1.165) is 6.42 Å². The van der Waals surface area contributed by atoms with Crippen molar-refractivity contribution in [3.05, 3.63) is 0 Å². The highest BCUT2D eigenvalue weighted by Gasteiger charge is 2.22. The summed E-state index contributed by atoms with van der Waals surface area (Å²) in [4.78, 5) is 12.9. The van der Waals surface area contributed by atoms with E-state index in [0.29, 0.717) is 13.2 Å². The molecule has 1 aliphatic rings. The number of morpholine rings is 1. The number of carbonyl (C=O) groups excluding carboxylic acids is 1. The topological polar surface area (TPSA) is 29.5 Å². The van der Waals surface area contributed by atoms with E-state index >= 15 is 0 Å². The maximum atomic E-state index is 11.1. The van der Waals surface area contributed by atoms with E-state index < -0.39 is 0 Å². The third kappa shape index (κ3) is 2.10. The molecule has 1 saturated heterocycles. The third-order valence-electron chi connectivity index (χ3n) is 1.75. The van der Waals surface area contributed by atoms with E-state index in [1.54, 1.807) is 4.90 Å². The molecular weight excluding hydrogens is 162 g/mol. The molecule has 1 aliphatic heterocycles. The minimum Gasteiger partial charge on any atom is -0.370 e. The quantitative estimate of drug-likeness (QED) is 0.620. The molecule has 4 heteroatoms. The van der Waals surface area contributed by atoms with Gasteiger partial charge in [0.15, 0.2) is 0 Å². The van der Waals surface area contributed by atoms with Gasteiger partial charge in [-0.15, -0.1) is 0 Å². The second-order valence-electron chi connectivity index (χ2n) is 2.53. The van der Waals surface area contributed by atoms with E-state index in [2.05, 4.69) is 12.6 Å². The molecule has 64 valence electrons. The number of hydrogen-bond acceptors (Lipinski definition) is 3. The standard InChI is InChI=1S/C7H13NO2S/c1-2-7(11)8-3-4-10-5-6(8)9/h7,11H,2-5H2,1H3. The van der Waals surface area contributed by atoms with Crippen LogP contribution in [0.1, 0.15) is 13.3 Å². The van der Waals surface area contributed by atoms with Crippen molar-refractivity contribution in [2.45, 2.75) is 18.7 Å². The zero-order valence-corrected chi connectivity index (χ0v) is 7.51. The Balaban J connectivity index is 2.47. The first-order chi connectivity index (χ1) is 5.25. The van der Waals surface area contributed by atoms with Crippen molar-refractivity contribution >= 4 is 18.5 Å². The minimum atomic E-state index is 0.0538. The van der Waals surface area contributed by atoms with Gasteiger partial charge in [0, 0.05) is 6.54 Å². The van der Waals surface area contributed by atoms with E-state index in [9.17, 15) is 4.79 Å². The molecule has 0 N–H and O–H groups in total. The predicted molar refractivity (Wildman–Crippen MR) is 45.6 cm³/mol. The third-order valence-corrected chi connectivity index (χ3v) is 2.39. The normalized spacial score (nSPS) is 22.0. The van der Waals surface area contributed by atoms with Crippen molar-refractivity contribution in [1.82, 2.24) is 4.90 Å². The zero-order chi connectivity index (χ0) is 8.27. The maximum Gasteiger partial charge on any atom is 0.249 e. The van der Waals surface area contributed by atoms with Crippen molar-refractivity contribution in [3.8, 4) is 0 Å². The van der Waals surface area contributed by atoms with Gasteiger partial charge in [0.25, 0.3) is 0 Å². The summed E-state index contributed by atoms with van der Waals surface area (Å²) in [6.45, 7) is 3.56. The van der Waals surface area contributed by atoms with Crippen LogP contribution < -0.4 is 0 Å². The Kier molecular flexibility index (Phi) is 3.20. The Bertz CT molecular complexity index is 151. The number of ether oxygens (including phenoxy) is 1. The molecule has 1 amide bonds. The Morgan fingerprint density at radius 2 is 2.55 bits per heavy atom. The van der Waals surface area contributed by atoms with Gasteiger partial charge in [0.1, 0.15) is 6.61 Å². The molecule has 0 aliphatic carbocycles. The molecule has 1 unspecified atom stereocenters. The lowest BCUT2D eigenvalue weighted by molar-refractivity contribution is -0.143. The van der Waals surface area contributed by atoms with Gasteiger partial charge in [-0.25, -0.2) is 0 Å². The van der Waals surface area contributed by atoms with Crippen LogP contribution in [0.15, 0.2) is 0 Å². The Hall–Kier alpha value is -0.220. The molecule has 0 aromatic carbocycles. The number of amides is 1. The van der Waals surface area contributed by atoms with Gasteiger partial charge < -0.3 is 9.64 Å². The number of hydrogen-bond donors (Lipinski definition) is 1. The fourth-order valence-corrected chi connectivity index (χ4v) is 1.31. The van der Waals surface area contributed by atoms with Gasteiger partial charge in [-0.2, -0.15) is 12.6 Å². The summed E-state index contributed by atoms with van der Waals surface area (Å²) in [5, 5.41) is 0.0615. The molecule has 1 fully saturated rings. The molecule has 0 saturated carbocycles. The van der Waals surface area contributed by atoms with Gasteiger partial charge in [-0.3, -0.25) is 4.79 Å². The molecule has 11 heavy (non-hydrogen) atoms. The largest absolute Gasteiger partial charge is 0.370 e. The Morgan fingerprint density at radius 1 is 1.82 bits per heavy atom. The Labute approximate surface area is 72.1 Å². The van der Waals surface area contributed by atoms with Crippen molar-refractivity contribution in [3.63, 3.8) is 0 Å². The van der Waals surface area contributed by atoms with Crippen molar-refractivity contribution in [2.24, 2.45) is 0 Å². The first kappa shape index (κ1) is 8.87. The number of rotatable bonds is 2. The first-order valence-electron chi connectivity index (χ1n) is 3.81. The lowest BCUT2D eigenvalue weighted by Crippen LogP contribution is -2.45. The van der Waals surface area contributed by atoms with Crippen LogP contribution in [0.5, 0.6) is 0 Å². The molecule has 0 spiro atoms. The predicted octanol–water partition coefficient (Wildman–Crippen LogP) is 0.511. The first-order valence-corrected chi connectivity index (χ1v) is 4.32. The lowest BCUT2D eigenvalue weighted by atomic mass is 10.3. The summed E-state index contributed by atoms with van der Waals surface area (Å²) >= 11 is 4.28. The summed E-state index contributed by atoms with van der Waals surface area (Å²) in [6, 6.07) is 0. The van der Waals surface area contributed by atoms with Crippen LogP contribution in [0.25, 0.3) is 0 Å². The fourth-order valence-electron chi connectivity index (χ4n) is 1.07. The van der Waals surface area contributed by atoms with E-state index in [1.807, 2.05) is 6.92 Å². The molecular formula is C7H13NO2S. The van der Waals surface area contributed by atoms with Gasteiger partial charge in [0.05, 0.1) is 12.0 Å². The fraction of sp³-hybridized carbons (Fsp3) is 0.857. The van der Waals surface area contributed by atoms with Crippen LogP contribution in [0.2, 0.25) is 0 Å². The maximum absolute atomic E-state index is 11.1. The number of thiol groups is 1. The minimum absolute atomic E-state index is 0.0538. The van der Waals surface area contributed by atoms with Crippen LogP contribution in [0.3, 0.4) is 0 Å². The molecule has 1 rings (SSSR count). The van der Waals surface area contributed by atoms with E-state index in [4.69, 9.17) is 4.74 Å². The zero-order valence-electron chi connectivity index (χ0n) is 6.62. The lowest BCUT2D eigenvalue weighted by Gasteiger charge is -2.31. The summed E-state index contributed by atoms with van der Waals surface area (Å²) in [7, 11) is 0. The molecule has 1 atom stereocenters. The second-order valence-corrected chi connectivity index (χ2v) is 3.12. The van der Waals surface area contributed by atoms with Crippen LogP contribution in [0.4, 0.5) is 0 Å². The van der Waals surface area contributed by atoms with Crippen LogP contribution in [0, 0.1) is 0 Å². The summed E-state index contributed by atoms with van der Waals surface area (Å²) in [5.74, 6) is 0.0538. The number of carbonyl (C=O) groups is 1. The van der Waals surface area contributed by atoms with Crippen LogP contribution in [-0.4, -0.2) is 35.9 Å². The van der Waals surface area contributed by atoms with Crippen molar-refractivity contribution in [1.29, 1.82) is 0 Å². The van der Waals surface area contributed by atoms with Crippen molar-refractivity contribution in [2.75, 3.05) is 19.8 Å². The second kappa shape index (κ2) is 3.97. The summed E-state index contributed by atoms with van der Waals surface area (Å²) < 4.78 is 4.98. The van der Waals surface area contributed by atoms with Crippen LogP contribution in [-0.2, 0) is 9.53 Å². The molecule has 0 radical (unpaired) electrons. The molecule has 0 aromatic rings. The summed E-state index contributed by atoms with van der Waals surface area (Å²) in [6.07, 6.45) is 0.884. The van der Waals surface area contributed by atoms with E-state index in [-0.39, 0.29) is 17.9 Å². The van der Waals surface area contributed by atoms with Gasteiger partial charge in [0.2, 0.25) is 5.91 Å². The molecule has 0 aromatic heterocycles.